The molecule has 0 atom stereocenters. The van der Waals surface area contributed by atoms with Crippen molar-refractivity contribution in [2.45, 2.75) is 25.3 Å². The summed E-state index contributed by atoms with van der Waals surface area (Å²) in [7, 11) is -3.19. The van der Waals surface area contributed by atoms with Crippen LogP contribution < -0.4 is 10.1 Å². The second-order valence-corrected chi connectivity index (χ2v) is 6.89. The number of aromatic nitrogens is 2. The lowest BCUT2D eigenvalue weighted by Crippen LogP contribution is -2.05. The zero-order valence-electron chi connectivity index (χ0n) is 12.8. The first-order chi connectivity index (χ1) is 10.4. The van der Waals surface area contributed by atoms with Gasteiger partial charge in [0.2, 0.25) is 5.88 Å². The number of sulfone groups is 1. The lowest BCUT2D eigenvalue weighted by atomic mass is 10.1. The van der Waals surface area contributed by atoms with Crippen LogP contribution in [0.4, 0.5) is 5.82 Å². The number of rotatable bonds is 6. The van der Waals surface area contributed by atoms with Crippen molar-refractivity contribution in [1.82, 2.24) is 9.97 Å². The number of nitrogens with zero attached hydrogens (tertiary/aromatic N) is 2. The molecule has 0 aliphatic heterocycles. The van der Waals surface area contributed by atoms with Crippen molar-refractivity contribution in [1.29, 1.82) is 0 Å². The lowest BCUT2D eigenvalue weighted by Gasteiger charge is -2.09. The Balaban J connectivity index is 2.09. The minimum atomic E-state index is -3.19. The predicted octanol–water partition coefficient (Wildman–Crippen LogP) is 2.20. The molecule has 0 fully saturated rings. The largest absolute Gasteiger partial charge is 0.477 e. The summed E-state index contributed by atoms with van der Waals surface area (Å²) in [4.78, 5) is 8.67. The van der Waals surface area contributed by atoms with E-state index in [1.54, 1.807) is 31.5 Å². The third-order valence-corrected chi connectivity index (χ3v) is 4.27. The van der Waals surface area contributed by atoms with E-state index < -0.39 is 9.84 Å². The number of anilines is 1. The minimum Gasteiger partial charge on any atom is -0.477 e. The van der Waals surface area contributed by atoms with Crippen molar-refractivity contribution in [2.24, 2.45) is 0 Å². The van der Waals surface area contributed by atoms with E-state index in [0.29, 0.717) is 29.7 Å². The van der Waals surface area contributed by atoms with Gasteiger partial charge in [-0.15, -0.1) is 0 Å². The van der Waals surface area contributed by atoms with Gasteiger partial charge in [0.05, 0.1) is 23.9 Å². The van der Waals surface area contributed by atoms with Crippen molar-refractivity contribution in [2.75, 3.05) is 18.2 Å². The van der Waals surface area contributed by atoms with Gasteiger partial charge in [0.25, 0.3) is 0 Å². The van der Waals surface area contributed by atoms with Gasteiger partial charge in [0.1, 0.15) is 5.82 Å². The molecule has 0 amide bonds. The van der Waals surface area contributed by atoms with Crippen LogP contribution >= 0.6 is 0 Å². The minimum absolute atomic E-state index is 0.356. The van der Waals surface area contributed by atoms with Crippen molar-refractivity contribution < 1.29 is 13.2 Å². The van der Waals surface area contributed by atoms with Gasteiger partial charge in [0, 0.05) is 12.8 Å². The Labute approximate surface area is 130 Å². The third-order valence-electron chi connectivity index (χ3n) is 3.02. The molecule has 1 aromatic carbocycles. The summed E-state index contributed by atoms with van der Waals surface area (Å²) in [6.07, 6.45) is 4.38. The number of benzene rings is 1. The first-order valence-electron chi connectivity index (χ1n) is 6.88. The van der Waals surface area contributed by atoms with Crippen LogP contribution in [0.3, 0.4) is 0 Å². The fraction of sp³-hybridized carbons (Fsp3) is 0.333. The van der Waals surface area contributed by atoms with Crippen molar-refractivity contribution in [3.8, 4) is 5.88 Å². The molecule has 0 radical (unpaired) electrons. The van der Waals surface area contributed by atoms with Gasteiger partial charge in [-0.05, 0) is 31.0 Å². The molecule has 0 spiro atoms. The molecular formula is C15H19N3O3S. The SMILES string of the molecule is CCOc1cncc(NCc2ccc(S(C)(=O)=O)c(C)c2)n1. The summed E-state index contributed by atoms with van der Waals surface area (Å²) in [5.41, 5.74) is 1.70. The fourth-order valence-electron chi connectivity index (χ4n) is 2.08. The van der Waals surface area contributed by atoms with Gasteiger partial charge < -0.3 is 10.1 Å². The predicted molar refractivity (Wildman–Crippen MR) is 84.8 cm³/mol. The van der Waals surface area contributed by atoms with E-state index in [1.807, 2.05) is 13.0 Å². The molecule has 6 nitrogen and oxygen atoms in total. The second kappa shape index (κ2) is 6.74. The molecule has 7 heteroatoms. The second-order valence-electron chi connectivity index (χ2n) is 4.90. The zero-order valence-corrected chi connectivity index (χ0v) is 13.6. The molecule has 22 heavy (non-hydrogen) atoms. The van der Waals surface area contributed by atoms with Gasteiger partial charge in [-0.1, -0.05) is 12.1 Å². The highest BCUT2D eigenvalue weighted by atomic mass is 32.2. The molecule has 1 aromatic heterocycles. The smallest absolute Gasteiger partial charge is 0.234 e. The van der Waals surface area contributed by atoms with Gasteiger partial charge in [0.15, 0.2) is 9.84 Å². The number of aryl methyl sites for hydroxylation is 1. The van der Waals surface area contributed by atoms with Gasteiger partial charge in [-0.25, -0.2) is 8.42 Å². The monoisotopic (exact) mass is 321 g/mol. The summed E-state index contributed by atoms with van der Waals surface area (Å²) >= 11 is 0. The summed E-state index contributed by atoms with van der Waals surface area (Å²) in [5, 5.41) is 3.14. The van der Waals surface area contributed by atoms with Crippen molar-refractivity contribution in [3.63, 3.8) is 0 Å². The van der Waals surface area contributed by atoms with Crippen LogP contribution in [-0.2, 0) is 16.4 Å². The topological polar surface area (TPSA) is 81.2 Å². The molecule has 0 saturated carbocycles. The molecule has 0 aliphatic carbocycles. The Bertz CT molecular complexity index is 760. The first-order valence-corrected chi connectivity index (χ1v) is 8.77. The summed E-state index contributed by atoms with van der Waals surface area (Å²) in [5.74, 6) is 1.08. The molecule has 2 rings (SSSR count). The average Bonchev–Trinajstić information content (AvgIpc) is 2.44. The van der Waals surface area contributed by atoms with Crippen LogP contribution in [0.25, 0.3) is 0 Å². The Kier molecular flexibility index (Phi) is 4.97. The first kappa shape index (κ1) is 16.2. The molecule has 0 unspecified atom stereocenters. The van der Waals surface area contributed by atoms with E-state index in [1.165, 1.54) is 6.26 Å². The molecule has 0 saturated heterocycles. The number of hydrogen-bond acceptors (Lipinski definition) is 6. The zero-order chi connectivity index (χ0) is 16.2. The normalized spacial score (nSPS) is 11.2. The van der Waals surface area contributed by atoms with Crippen LogP contribution in [0.15, 0.2) is 35.5 Å². The molecular weight excluding hydrogens is 302 g/mol. The Hall–Kier alpha value is -2.15. The van der Waals surface area contributed by atoms with E-state index in [-0.39, 0.29) is 0 Å². The van der Waals surface area contributed by atoms with Crippen LogP contribution in [-0.4, -0.2) is 31.2 Å². The van der Waals surface area contributed by atoms with Gasteiger partial charge >= 0.3 is 0 Å². The number of nitrogens with one attached hydrogen (secondary N) is 1. The van der Waals surface area contributed by atoms with E-state index in [9.17, 15) is 8.42 Å². The van der Waals surface area contributed by atoms with E-state index in [4.69, 9.17) is 4.74 Å². The van der Waals surface area contributed by atoms with Crippen LogP contribution in [0.2, 0.25) is 0 Å². The maximum absolute atomic E-state index is 11.6. The van der Waals surface area contributed by atoms with Gasteiger partial charge in [-0.3, -0.25) is 4.98 Å². The molecule has 0 bridgehead atoms. The Morgan fingerprint density at radius 1 is 1.27 bits per heavy atom. The summed E-state index contributed by atoms with van der Waals surface area (Å²) in [6.45, 7) is 4.72. The number of hydrogen-bond donors (Lipinski definition) is 1. The molecule has 118 valence electrons. The van der Waals surface area contributed by atoms with Crippen LogP contribution in [0, 0.1) is 6.92 Å². The summed E-state index contributed by atoms with van der Waals surface area (Å²) in [6, 6.07) is 5.27. The third kappa shape index (κ3) is 4.17. The van der Waals surface area contributed by atoms with E-state index in [2.05, 4.69) is 15.3 Å². The highest BCUT2D eigenvalue weighted by molar-refractivity contribution is 7.90. The molecule has 0 aliphatic rings. The van der Waals surface area contributed by atoms with Crippen LogP contribution in [0.5, 0.6) is 5.88 Å². The van der Waals surface area contributed by atoms with Crippen LogP contribution in [0.1, 0.15) is 18.1 Å². The maximum Gasteiger partial charge on any atom is 0.234 e. The lowest BCUT2D eigenvalue weighted by molar-refractivity contribution is 0.325. The highest BCUT2D eigenvalue weighted by Gasteiger charge is 2.10. The van der Waals surface area contributed by atoms with E-state index in [0.717, 1.165) is 11.1 Å². The standard InChI is InChI=1S/C15H19N3O3S/c1-4-21-15-10-16-9-14(18-15)17-8-12-5-6-13(11(2)7-12)22(3,19)20/h5-7,9-10H,4,8H2,1-3H3,(H,17,18). The Morgan fingerprint density at radius 2 is 2.05 bits per heavy atom. The fourth-order valence-corrected chi connectivity index (χ4v) is 3.04. The molecule has 1 N–H and O–H groups in total. The van der Waals surface area contributed by atoms with E-state index >= 15 is 0 Å². The van der Waals surface area contributed by atoms with Crippen molar-refractivity contribution in [3.05, 3.63) is 41.7 Å². The van der Waals surface area contributed by atoms with Gasteiger partial charge in [-0.2, -0.15) is 4.98 Å². The number of ether oxygens (including phenoxy) is 1. The Morgan fingerprint density at radius 3 is 2.68 bits per heavy atom. The molecule has 1 heterocycles. The van der Waals surface area contributed by atoms with Crippen molar-refractivity contribution >= 4 is 15.7 Å². The maximum atomic E-state index is 11.6. The average molecular weight is 321 g/mol. The quantitative estimate of drug-likeness (QED) is 0.878. The molecule has 2 aromatic rings. The summed E-state index contributed by atoms with van der Waals surface area (Å²) < 4.78 is 28.5. The highest BCUT2D eigenvalue weighted by Crippen LogP contribution is 2.17.